The van der Waals surface area contributed by atoms with Gasteiger partial charge in [-0.1, -0.05) is 72.3 Å². The lowest BCUT2D eigenvalue weighted by molar-refractivity contribution is 0.0960. The Bertz CT molecular complexity index is 1230. The fraction of sp³-hybridized carbons (Fsp3) is 0.192. The third kappa shape index (κ3) is 3.43. The Balaban J connectivity index is 1.66. The Morgan fingerprint density at radius 2 is 1.59 bits per heavy atom. The first kappa shape index (κ1) is 20.0. The number of methoxy groups -OCH3 is 1. The van der Waals surface area contributed by atoms with Crippen LogP contribution in [0.15, 0.2) is 85.2 Å². The summed E-state index contributed by atoms with van der Waals surface area (Å²) in [5.41, 5.74) is 3.88. The molecule has 6 nitrogen and oxygen atoms in total. The summed E-state index contributed by atoms with van der Waals surface area (Å²) in [6.45, 7) is 2.06. The number of ether oxygens (including phenoxy) is 1. The van der Waals surface area contributed by atoms with E-state index in [-0.39, 0.29) is 18.0 Å². The maximum absolute atomic E-state index is 13.9. The van der Waals surface area contributed by atoms with Gasteiger partial charge in [0.1, 0.15) is 12.1 Å². The third-order valence-corrected chi connectivity index (χ3v) is 6.03. The number of hydrogen-bond donors (Lipinski definition) is 0. The second-order valence-corrected chi connectivity index (χ2v) is 7.97. The third-order valence-electron chi connectivity index (χ3n) is 6.03. The minimum Gasteiger partial charge on any atom is -0.496 e. The molecule has 0 saturated carbocycles. The largest absolute Gasteiger partial charge is 0.496 e. The summed E-state index contributed by atoms with van der Waals surface area (Å²) in [6, 6.07) is 25.7. The first-order chi connectivity index (χ1) is 15.7. The van der Waals surface area contributed by atoms with Crippen LogP contribution in [0.5, 0.6) is 5.75 Å². The summed E-state index contributed by atoms with van der Waals surface area (Å²) in [5.74, 6) is 0.914. The molecule has 32 heavy (non-hydrogen) atoms. The van der Waals surface area contributed by atoms with Gasteiger partial charge < -0.3 is 4.74 Å². The lowest BCUT2D eigenvalue weighted by atomic mass is 9.91. The molecule has 0 spiro atoms. The molecule has 5 rings (SSSR count). The molecule has 0 unspecified atom stereocenters. The SMILES string of the molecule is COc1ccccc1C(=O)N1c2ncnn2[C@@H](c2ccccc2)C[C@@H]1c1ccc(C)cc1. The molecule has 0 fully saturated rings. The van der Waals surface area contributed by atoms with Crippen molar-refractivity contribution in [2.45, 2.75) is 25.4 Å². The Kier molecular flexibility index (Phi) is 5.19. The predicted molar refractivity (Wildman–Crippen MR) is 123 cm³/mol. The smallest absolute Gasteiger partial charge is 0.264 e. The topological polar surface area (TPSA) is 60.2 Å². The van der Waals surface area contributed by atoms with Gasteiger partial charge in [-0.25, -0.2) is 4.68 Å². The van der Waals surface area contributed by atoms with Gasteiger partial charge >= 0.3 is 0 Å². The van der Waals surface area contributed by atoms with E-state index in [2.05, 4.69) is 53.4 Å². The minimum atomic E-state index is -0.199. The van der Waals surface area contributed by atoms with Crippen LogP contribution >= 0.6 is 0 Å². The monoisotopic (exact) mass is 424 g/mol. The molecular weight excluding hydrogens is 400 g/mol. The molecule has 0 bridgehead atoms. The van der Waals surface area contributed by atoms with E-state index in [9.17, 15) is 4.79 Å². The lowest BCUT2D eigenvalue weighted by Crippen LogP contribution is -2.42. The highest BCUT2D eigenvalue weighted by Crippen LogP contribution is 2.43. The number of aryl methyl sites for hydroxylation is 1. The Hall–Kier alpha value is -3.93. The number of carbonyl (C=O) groups excluding carboxylic acids is 1. The van der Waals surface area contributed by atoms with Crippen molar-refractivity contribution in [1.29, 1.82) is 0 Å². The molecule has 0 aliphatic carbocycles. The predicted octanol–water partition coefficient (Wildman–Crippen LogP) is 4.98. The van der Waals surface area contributed by atoms with Crippen LogP contribution < -0.4 is 9.64 Å². The molecule has 1 aliphatic heterocycles. The Labute approximate surface area is 187 Å². The molecule has 2 heterocycles. The van der Waals surface area contributed by atoms with Crippen molar-refractivity contribution in [3.8, 4) is 5.75 Å². The van der Waals surface area contributed by atoms with Gasteiger partial charge in [-0.15, -0.1) is 0 Å². The van der Waals surface area contributed by atoms with Gasteiger partial charge in [-0.05, 0) is 36.6 Å². The summed E-state index contributed by atoms with van der Waals surface area (Å²) in [7, 11) is 1.58. The van der Waals surface area contributed by atoms with E-state index in [1.54, 1.807) is 24.1 Å². The van der Waals surface area contributed by atoms with Crippen molar-refractivity contribution in [3.63, 3.8) is 0 Å². The van der Waals surface area contributed by atoms with Crippen LogP contribution in [-0.2, 0) is 0 Å². The van der Waals surface area contributed by atoms with E-state index in [1.165, 1.54) is 11.9 Å². The van der Waals surface area contributed by atoms with Crippen LogP contribution in [0.2, 0.25) is 0 Å². The van der Waals surface area contributed by atoms with E-state index in [0.717, 1.165) is 11.1 Å². The van der Waals surface area contributed by atoms with E-state index in [0.29, 0.717) is 23.7 Å². The van der Waals surface area contributed by atoms with Crippen molar-refractivity contribution in [3.05, 3.63) is 107 Å². The van der Waals surface area contributed by atoms with Gasteiger partial charge in [0.25, 0.3) is 5.91 Å². The molecule has 0 saturated heterocycles. The molecule has 4 aromatic rings. The molecule has 6 heteroatoms. The Morgan fingerprint density at radius 3 is 2.34 bits per heavy atom. The summed E-state index contributed by atoms with van der Waals surface area (Å²) in [4.78, 5) is 20.2. The summed E-state index contributed by atoms with van der Waals surface area (Å²) < 4.78 is 7.34. The second-order valence-electron chi connectivity index (χ2n) is 7.97. The van der Waals surface area contributed by atoms with Crippen molar-refractivity contribution in [1.82, 2.24) is 14.8 Å². The van der Waals surface area contributed by atoms with Crippen LogP contribution in [0, 0.1) is 6.92 Å². The summed E-state index contributed by atoms with van der Waals surface area (Å²) >= 11 is 0. The number of hydrogen-bond acceptors (Lipinski definition) is 4. The van der Waals surface area contributed by atoms with Gasteiger partial charge in [0.2, 0.25) is 5.95 Å². The standard InChI is InChI=1S/C26H24N4O2/c1-18-12-14-20(15-13-18)22-16-23(19-8-4-3-5-9-19)30-26(27-17-28-30)29(22)25(31)21-10-6-7-11-24(21)32-2/h3-15,17,22-23H,16H2,1-2H3/t22-,23-/m1/s1. The Morgan fingerprint density at radius 1 is 0.906 bits per heavy atom. The van der Waals surface area contributed by atoms with Crippen molar-refractivity contribution in [2.24, 2.45) is 0 Å². The van der Waals surface area contributed by atoms with Gasteiger partial charge in [0.15, 0.2) is 0 Å². The van der Waals surface area contributed by atoms with Crippen molar-refractivity contribution < 1.29 is 9.53 Å². The molecule has 2 atom stereocenters. The number of amides is 1. The fourth-order valence-corrected chi connectivity index (χ4v) is 4.40. The van der Waals surface area contributed by atoms with Crippen LogP contribution in [0.1, 0.15) is 45.6 Å². The molecule has 3 aromatic carbocycles. The number of para-hydroxylation sites is 1. The zero-order valence-corrected chi connectivity index (χ0v) is 18.1. The van der Waals surface area contributed by atoms with Gasteiger partial charge in [-0.3, -0.25) is 9.69 Å². The van der Waals surface area contributed by atoms with Crippen LogP contribution in [0.4, 0.5) is 5.95 Å². The first-order valence-corrected chi connectivity index (χ1v) is 10.6. The van der Waals surface area contributed by atoms with Gasteiger partial charge in [-0.2, -0.15) is 10.1 Å². The van der Waals surface area contributed by atoms with Crippen LogP contribution in [0.25, 0.3) is 0 Å². The van der Waals surface area contributed by atoms with Crippen LogP contribution in [0.3, 0.4) is 0 Å². The molecule has 0 radical (unpaired) electrons. The zero-order chi connectivity index (χ0) is 22.1. The zero-order valence-electron chi connectivity index (χ0n) is 18.1. The molecule has 0 N–H and O–H groups in total. The fourth-order valence-electron chi connectivity index (χ4n) is 4.40. The van der Waals surface area contributed by atoms with Gasteiger partial charge in [0, 0.05) is 0 Å². The molecular formula is C26H24N4O2. The quantitative estimate of drug-likeness (QED) is 0.464. The number of fused-ring (bicyclic) bond motifs is 1. The van der Waals surface area contributed by atoms with Crippen molar-refractivity contribution in [2.75, 3.05) is 12.0 Å². The molecule has 1 amide bonds. The average molecular weight is 425 g/mol. The number of anilines is 1. The first-order valence-electron chi connectivity index (χ1n) is 10.6. The van der Waals surface area contributed by atoms with E-state index in [1.807, 2.05) is 35.0 Å². The number of nitrogens with zero attached hydrogens (tertiary/aromatic N) is 4. The van der Waals surface area contributed by atoms with E-state index < -0.39 is 0 Å². The molecule has 1 aliphatic rings. The number of carbonyl (C=O) groups is 1. The van der Waals surface area contributed by atoms with E-state index >= 15 is 0 Å². The highest BCUT2D eigenvalue weighted by atomic mass is 16.5. The lowest BCUT2D eigenvalue weighted by Gasteiger charge is -2.39. The molecule has 160 valence electrons. The van der Waals surface area contributed by atoms with Gasteiger partial charge in [0.05, 0.1) is 24.8 Å². The van der Waals surface area contributed by atoms with Crippen molar-refractivity contribution >= 4 is 11.9 Å². The van der Waals surface area contributed by atoms with Crippen LogP contribution in [-0.4, -0.2) is 27.8 Å². The minimum absolute atomic E-state index is 0.0262. The van der Waals surface area contributed by atoms with E-state index in [4.69, 9.17) is 4.74 Å². The number of benzene rings is 3. The average Bonchev–Trinajstić information content (AvgIpc) is 3.33. The number of rotatable bonds is 4. The normalized spacial score (nSPS) is 17.6. The number of aromatic nitrogens is 3. The molecule has 1 aromatic heterocycles. The second kappa shape index (κ2) is 8.30. The summed E-state index contributed by atoms with van der Waals surface area (Å²) in [6.07, 6.45) is 2.20. The summed E-state index contributed by atoms with van der Waals surface area (Å²) in [5, 5.41) is 4.51. The maximum atomic E-state index is 13.9. The maximum Gasteiger partial charge on any atom is 0.264 e. The highest BCUT2D eigenvalue weighted by Gasteiger charge is 2.40. The highest BCUT2D eigenvalue weighted by molar-refractivity contribution is 6.07.